The molecule has 0 radical (unpaired) electrons. The smallest absolute Gasteiger partial charge is 0.476 e. The maximum Gasteiger partial charge on any atom is 0.496 e. The van der Waals surface area contributed by atoms with Crippen molar-refractivity contribution in [2.75, 3.05) is 67.6 Å². The summed E-state index contributed by atoms with van der Waals surface area (Å²) in [5, 5.41) is 18.2. The summed E-state index contributed by atoms with van der Waals surface area (Å²) in [5.74, 6) is 3.02. The van der Waals surface area contributed by atoms with Crippen molar-refractivity contribution in [3.63, 3.8) is 0 Å². The molecule has 0 spiro atoms. The Hall–Kier alpha value is -10.4. The van der Waals surface area contributed by atoms with Gasteiger partial charge in [-0.1, -0.05) is 189 Å². The van der Waals surface area contributed by atoms with Crippen LogP contribution in [0.1, 0.15) is 125 Å². The normalized spacial score (nSPS) is 13.2. The maximum atomic E-state index is 11.8. The van der Waals surface area contributed by atoms with E-state index in [0.717, 1.165) is 102 Å². The quantitative estimate of drug-likeness (QED) is 0.0148. The SMILES string of the molecule is CC(C)Oc1nc(-c2ccc(Br)cc2)n(COCC[Si](C)(C)C)n1.CC(C)Oc1nc(-c2ccc(Br)cc2)nn1COCC[Si](C)(C)C.COC(=O)C(C)(C)COc1ccc(-c2ccc(-c3nc(OC(C)C)n(COCC[Si](C)(C)C)n3)cc2)cn1.COC(=O)C(C)(C)COc1ccc(-c2ccc(-c3nc(OC(C)C)nn3COCC[Si](C)(C)C)cc2)cn1.COC(=O)C(C)(C)COc1ccc(B2OC(C)(C)C(C)(C)O2)cn1. The van der Waals surface area contributed by atoms with E-state index < -0.39 is 66.9 Å². The van der Waals surface area contributed by atoms with E-state index in [-0.39, 0.29) is 62.1 Å². The minimum absolute atomic E-state index is 0.0267. The Labute approximate surface area is 896 Å². The van der Waals surface area contributed by atoms with Gasteiger partial charge in [0.05, 0.1) is 73.2 Å². The largest absolute Gasteiger partial charge is 0.496 e. The summed E-state index contributed by atoms with van der Waals surface area (Å²) in [6.45, 7) is 67.1. The molecule has 11 aromatic rings. The highest BCUT2D eigenvalue weighted by atomic mass is 79.9. The van der Waals surface area contributed by atoms with E-state index >= 15 is 0 Å². The number of rotatable bonds is 47. The molecular formula is C107H158BBr2N15O19Si4. The molecule has 1 saturated heterocycles. The number of methoxy groups -OCH3 is 3. The third kappa shape index (κ3) is 41.0. The van der Waals surface area contributed by atoms with E-state index in [9.17, 15) is 14.4 Å². The Balaban J connectivity index is 0.000000229. The van der Waals surface area contributed by atoms with Crippen LogP contribution < -0.4 is 38.6 Å². The molecule has 0 unspecified atom stereocenters. The van der Waals surface area contributed by atoms with Crippen LogP contribution in [0.25, 0.3) is 67.8 Å². The molecule has 1 fully saturated rings. The first kappa shape index (κ1) is 123. The fourth-order valence-electron chi connectivity index (χ4n) is 13.0. The molecule has 0 atom stereocenters. The maximum absolute atomic E-state index is 11.8. The zero-order chi connectivity index (χ0) is 110. The molecule has 1 aliphatic heterocycles. The van der Waals surface area contributed by atoms with Gasteiger partial charge in [0, 0.05) is 137 Å². The number of hydrogen-bond donors (Lipinski definition) is 0. The van der Waals surface area contributed by atoms with Crippen LogP contribution in [0.2, 0.25) is 103 Å². The number of carbonyl (C=O) groups excluding carboxylic acids is 3. The zero-order valence-electron chi connectivity index (χ0n) is 93.1. The number of aromatic nitrogens is 15. The molecule has 0 bridgehead atoms. The lowest BCUT2D eigenvalue weighted by Gasteiger charge is -2.32. The Morgan fingerprint density at radius 1 is 0.351 bits per heavy atom. The minimum Gasteiger partial charge on any atom is -0.476 e. The van der Waals surface area contributed by atoms with E-state index in [1.165, 1.54) is 21.3 Å². The van der Waals surface area contributed by atoms with E-state index in [4.69, 9.17) is 75.6 Å². The number of esters is 3. The number of carbonyl (C=O) groups is 3. The van der Waals surface area contributed by atoms with Gasteiger partial charge in [-0.05, 0) is 202 Å². The summed E-state index contributed by atoms with van der Waals surface area (Å²) in [5.41, 5.74) is 5.39. The number of benzene rings is 4. The van der Waals surface area contributed by atoms with Crippen molar-refractivity contribution in [3.8, 4) is 109 Å². The summed E-state index contributed by atoms with van der Waals surface area (Å²) in [4.78, 5) is 66.7. The molecule has 41 heteroatoms. The van der Waals surface area contributed by atoms with E-state index in [0.29, 0.717) is 99.3 Å². The molecule has 0 aliphatic carbocycles. The highest BCUT2D eigenvalue weighted by Gasteiger charge is 2.52. The summed E-state index contributed by atoms with van der Waals surface area (Å²) in [7, 11) is -0.890. The summed E-state index contributed by atoms with van der Waals surface area (Å²) < 4.78 is 98.8. The van der Waals surface area contributed by atoms with Gasteiger partial charge >= 0.3 is 49.1 Å². The molecule has 1 aliphatic rings. The second-order valence-corrected chi connectivity index (χ2v) is 69.2. The molecule has 0 amide bonds. The van der Waals surface area contributed by atoms with Crippen LogP contribution in [0.3, 0.4) is 0 Å². The van der Waals surface area contributed by atoms with Crippen LogP contribution in [0.15, 0.2) is 161 Å². The Morgan fingerprint density at radius 3 is 0.899 bits per heavy atom. The van der Waals surface area contributed by atoms with Gasteiger partial charge < -0.3 is 75.6 Å². The highest BCUT2D eigenvalue weighted by Crippen LogP contribution is 2.38. The number of pyridine rings is 3. The Morgan fingerprint density at radius 2 is 0.622 bits per heavy atom. The van der Waals surface area contributed by atoms with Crippen molar-refractivity contribution in [1.82, 2.24) is 74.0 Å². The average molecular weight is 2240 g/mol. The Kier molecular flexibility index (Phi) is 46.1. The van der Waals surface area contributed by atoms with E-state index in [2.05, 4.69) is 166 Å². The van der Waals surface area contributed by atoms with Crippen LogP contribution in [0.5, 0.6) is 41.7 Å². The summed E-state index contributed by atoms with van der Waals surface area (Å²) >= 11 is 6.90. The van der Waals surface area contributed by atoms with Gasteiger partial charge in [-0.2, -0.15) is 29.3 Å². The van der Waals surface area contributed by atoms with Crippen LogP contribution in [0, 0.1) is 16.2 Å². The first-order valence-corrected chi connectivity index (χ1v) is 66.5. The summed E-state index contributed by atoms with van der Waals surface area (Å²) in [6.07, 6.45) is 5.18. The second kappa shape index (κ2) is 55.5. The van der Waals surface area contributed by atoms with Gasteiger partial charge in [0.2, 0.25) is 17.6 Å². The molecule has 808 valence electrons. The highest BCUT2D eigenvalue weighted by molar-refractivity contribution is 9.10. The van der Waals surface area contributed by atoms with E-state index in [1.807, 2.05) is 198 Å². The van der Waals surface area contributed by atoms with Crippen LogP contribution in [-0.2, 0) is 83.8 Å². The molecule has 4 aromatic carbocycles. The van der Waals surface area contributed by atoms with Gasteiger partial charge in [0.25, 0.3) is 0 Å². The van der Waals surface area contributed by atoms with Gasteiger partial charge in [-0.15, -0.1) is 20.4 Å². The van der Waals surface area contributed by atoms with E-state index in [1.54, 1.807) is 97.1 Å². The fraction of sp³-hybridized carbons (Fsp3) is 0.533. The van der Waals surface area contributed by atoms with Gasteiger partial charge in [0.15, 0.2) is 23.3 Å². The fourth-order valence-corrected chi connectivity index (χ4v) is 16.6. The predicted octanol–water partition coefficient (Wildman–Crippen LogP) is 22.9. The number of nitrogens with zero attached hydrogens (tertiary/aromatic N) is 15. The summed E-state index contributed by atoms with van der Waals surface area (Å²) in [6, 6.07) is 49.0. The first-order valence-electron chi connectivity index (χ1n) is 50.1. The zero-order valence-corrected chi connectivity index (χ0v) is 100. The van der Waals surface area contributed by atoms with Gasteiger partial charge in [-0.3, -0.25) is 14.4 Å². The van der Waals surface area contributed by atoms with Crippen molar-refractivity contribution in [3.05, 3.63) is 161 Å². The lowest BCUT2D eigenvalue weighted by atomic mass is 9.80. The number of halogens is 2. The molecule has 12 rings (SSSR count). The lowest BCUT2D eigenvalue weighted by Crippen LogP contribution is -2.41. The second-order valence-electron chi connectivity index (χ2n) is 44.9. The van der Waals surface area contributed by atoms with Crippen molar-refractivity contribution in [2.45, 2.75) is 290 Å². The van der Waals surface area contributed by atoms with Crippen LogP contribution >= 0.6 is 31.9 Å². The van der Waals surface area contributed by atoms with Crippen molar-refractivity contribution >= 4 is 94.6 Å². The third-order valence-electron chi connectivity index (χ3n) is 22.7. The molecule has 0 saturated carbocycles. The molecule has 148 heavy (non-hydrogen) atoms. The van der Waals surface area contributed by atoms with Crippen LogP contribution in [0.4, 0.5) is 0 Å². The molecule has 0 N–H and O–H groups in total. The van der Waals surface area contributed by atoms with Gasteiger partial charge in [-0.25, -0.2) is 24.3 Å². The topological polar surface area (TPSA) is 360 Å². The monoisotopic (exact) mass is 2240 g/mol. The number of hydrogen-bond acceptors (Lipinski definition) is 30. The average Bonchev–Trinajstić information content (AvgIpc) is 1.62. The lowest BCUT2D eigenvalue weighted by molar-refractivity contribution is -0.153. The van der Waals surface area contributed by atoms with Crippen molar-refractivity contribution < 1.29 is 90.0 Å². The van der Waals surface area contributed by atoms with Crippen molar-refractivity contribution in [1.29, 1.82) is 0 Å². The standard InChI is InChI=1S/2C28H40N4O5Si.C17H26BNO5.2C17H26BrN3O2Si/c1-20(2)37-27-30-25(32(31-27)19-35-15-16-38(6,7)8)22-11-9-21(10-12-22)23-13-14-24(29-17-23)36-18-28(3,4)26(33)34-5;1-20(2)37-27-30-25(31-32(27)19-35-15-16-38(6,7)8)22-11-9-21(10-12-22)23-13-14-24(29-17-23)36-18-28(3,4)26(33)34-5;1-15(2,14(20)21-7)11-22-13-9-8-12(10-19-13)18-23-16(3,4)17(5,6)24-18;1-13(2)23-17-19-16(14-6-8-15(18)9-7-14)21(20-17)12-22-10-11-24(3,4)5;1-13(2)23-17-19-16(14-6-8-15(18)9-7-14)20-21(17)12-22-10-11-24(3,4)5/h2*9-14,17,20H,15-16,18-19H2,1-8H3;8-10H,11H2,1-7H3;2*6-9,13H,10-12H2,1-5H3. The molecule has 8 heterocycles. The minimum atomic E-state index is -1.18. The van der Waals surface area contributed by atoms with Crippen LogP contribution in [-0.4, -0.2) is 235 Å². The number of ether oxygens (including phenoxy) is 14. The van der Waals surface area contributed by atoms with Crippen molar-refractivity contribution in [2.24, 2.45) is 16.2 Å². The predicted molar refractivity (Wildman–Crippen MR) is 597 cm³/mol. The molecule has 7 aromatic heterocycles. The molecular weight excluding hydrogens is 2080 g/mol. The van der Waals surface area contributed by atoms with Gasteiger partial charge in [0.1, 0.15) is 46.7 Å². The Bertz CT molecular complexity index is 5890. The first-order chi connectivity index (χ1) is 69.2. The third-order valence-corrected chi connectivity index (χ3v) is 30.5. The molecule has 34 nitrogen and oxygen atoms in total.